The zero-order chi connectivity index (χ0) is 24.9. The molecule has 1 heterocycles. The van der Waals surface area contributed by atoms with Gasteiger partial charge in [0.25, 0.3) is 0 Å². The lowest BCUT2D eigenvalue weighted by molar-refractivity contribution is -0.120. The molecule has 7 nitrogen and oxygen atoms in total. The first-order valence-electron chi connectivity index (χ1n) is 12.0. The average molecular weight is 477 g/mol. The Morgan fingerprint density at radius 2 is 1.63 bits per heavy atom. The summed E-state index contributed by atoms with van der Waals surface area (Å²) < 4.78 is 16.9. The fraction of sp³-hybridized carbons (Fsp3) is 0.429. The van der Waals surface area contributed by atoms with Crippen molar-refractivity contribution in [1.82, 2.24) is 0 Å². The quantitative estimate of drug-likeness (QED) is 0.634. The highest BCUT2D eigenvalue weighted by molar-refractivity contribution is 6.07. The molecule has 1 fully saturated rings. The van der Waals surface area contributed by atoms with Gasteiger partial charge < -0.3 is 19.5 Å². The Morgan fingerprint density at radius 1 is 0.971 bits per heavy atom. The summed E-state index contributed by atoms with van der Waals surface area (Å²) in [5, 5.41) is 3.55. The van der Waals surface area contributed by atoms with Gasteiger partial charge in [-0.3, -0.25) is 14.5 Å². The molecule has 0 bridgehead atoms. The number of rotatable bonds is 5. The number of methoxy groups -OCH3 is 3. The molecular weight excluding hydrogens is 444 g/mol. The van der Waals surface area contributed by atoms with Crippen LogP contribution in [0.2, 0.25) is 0 Å². The van der Waals surface area contributed by atoms with Crippen molar-refractivity contribution < 1.29 is 23.8 Å². The lowest BCUT2D eigenvalue weighted by Gasteiger charge is -2.37. The largest absolute Gasteiger partial charge is 0.496 e. The summed E-state index contributed by atoms with van der Waals surface area (Å²) in [5.74, 6) is 1.57. The molecule has 1 saturated carbocycles. The third-order valence-corrected chi connectivity index (χ3v) is 7.10. The first kappa shape index (κ1) is 23.3. The predicted molar refractivity (Wildman–Crippen MR) is 134 cm³/mol. The molecule has 3 aliphatic rings. The molecule has 1 atom stereocenters. The van der Waals surface area contributed by atoms with Crippen molar-refractivity contribution in [1.29, 1.82) is 0 Å². The predicted octanol–water partition coefficient (Wildman–Crippen LogP) is 5.27. The molecule has 1 unspecified atom stereocenters. The molecule has 5 rings (SSSR count). The number of ketones is 1. The van der Waals surface area contributed by atoms with Gasteiger partial charge in [0, 0.05) is 35.2 Å². The highest BCUT2D eigenvalue weighted by atomic mass is 16.5. The molecule has 1 N–H and O–H groups in total. The minimum Gasteiger partial charge on any atom is -0.496 e. The van der Waals surface area contributed by atoms with Crippen LogP contribution in [0.1, 0.15) is 51.1 Å². The van der Waals surface area contributed by atoms with E-state index in [0.717, 1.165) is 29.9 Å². The second kappa shape index (κ2) is 8.63. The number of nitrogens with zero attached hydrogens (tertiary/aromatic N) is 1. The van der Waals surface area contributed by atoms with Gasteiger partial charge in [-0.2, -0.15) is 0 Å². The third kappa shape index (κ3) is 4.03. The minimum absolute atomic E-state index is 0.0208. The van der Waals surface area contributed by atoms with Gasteiger partial charge in [-0.1, -0.05) is 26.0 Å². The summed E-state index contributed by atoms with van der Waals surface area (Å²) in [4.78, 5) is 29.6. The molecule has 0 spiro atoms. The number of para-hydroxylation sites is 2. The topological polar surface area (TPSA) is 77.1 Å². The molecule has 1 amide bonds. The lowest BCUT2D eigenvalue weighted by Crippen LogP contribution is -2.40. The standard InChI is InChI=1S/C28H32N2O5/c1-28(2)14-19-25(21(31)15-28)26(17-12-23(34-4)24(35-5)13-22(17)33-3)30(27(32)16-10-11-16)20-9-7-6-8-18(20)29-19/h6-9,12-13,16,26,29H,10-11,14-15H2,1-5H3. The molecule has 0 radical (unpaired) electrons. The Kier molecular flexibility index (Phi) is 5.74. The molecule has 2 aliphatic carbocycles. The van der Waals surface area contributed by atoms with Gasteiger partial charge in [0.05, 0.1) is 38.7 Å². The van der Waals surface area contributed by atoms with Crippen molar-refractivity contribution >= 4 is 23.1 Å². The van der Waals surface area contributed by atoms with E-state index in [4.69, 9.17) is 14.2 Å². The van der Waals surface area contributed by atoms with E-state index in [2.05, 4.69) is 19.2 Å². The van der Waals surface area contributed by atoms with Gasteiger partial charge in [0.2, 0.25) is 5.91 Å². The van der Waals surface area contributed by atoms with Crippen LogP contribution in [0, 0.1) is 11.3 Å². The summed E-state index contributed by atoms with van der Waals surface area (Å²) in [6.45, 7) is 4.21. The number of fused-ring (bicyclic) bond motifs is 1. The summed E-state index contributed by atoms with van der Waals surface area (Å²) in [6.07, 6.45) is 2.81. The summed E-state index contributed by atoms with van der Waals surface area (Å²) in [5.41, 5.74) is 3.54. The van der Waals surface area contributed by atoms with Crippen LogP contribution < -0.4 is 24.4 Å². The maximum Gasteiger partial charge on any atom is 0.231 e. The molecule has 2 aromatic carbocycles. The molecular formula is C28H32N2O5. The number of Topliss-reactive ketones (excluding diaryl/α,β-unsaturated/α-hetero) is 1. The number of benzene rings is 2. The molecule has 2 aromatic rings. The van der Waals surface area contributed by atoms with E-state index >= 15 is 0 Å². The summed E-state index contributed by atoms with van der Waals surface area (Å²) in [7, 11) is 4.73. The number of nitrogens with one attached hydrogen (secondary N) is 1. The maximum atomic E-state index is 13.9. The van der Waals surface area contributed by atoms with Gasteiger partial charge in [0.15, 0.2) is 17.3 Å². The lowest BCUT2D eigenvalue weighted by atomic mass is 9.73. The van der Waals surface area contributed by atoms with E-state index in [1.807, 2.05) is 35.2 Å². The van der Waals surface area contributed by atoms with Gasteiger partial charge in [-0.05, 0) is 42.9 Å². The number of carbonyl (C=O) groups excluding carboxylic acids is 2. The number of anilines is 2. The van der Waals surface area contributed by atoms with E-state index in [9.17, 15) is 9.59 Å². The van der Waals surface area contributed by atoms with Crippen LogP contribution in [0.15, 0.2) is 47.7 Å². The van der Waals surface area contributed by atoms with Gasteiger partial charge in [-0.25, -0.2) is 0 Å². The van der Waals surface area contributed by atoms with E-state index in [0.29, 0.717) is 41.2 Å². The third-order valence-electron chi connectivity index (χ3n) is 7.10. The van der Waals surface area contributed by atoms with E-state index in [-0.39, 0.29) is 23.0 Å². The molecule has 184 valence electrons. The van der Waals surface area contributed by atoms with Crippen LogP contribution in [0.5, 0.6) is 17.2 Å². The van der Waals surface area contributed by atoms with Crippen LogP contribution in [0.25, 0.3) is 0 Å². The summed E-state index contributed by atoms with van der Waals surface area (Å²) in [6, 6.07) is 10.7. The number of allylic oxidation sites excluding steroid dienone is 1. The summed E-state index contributed by atoms with van der Waals surface area (Å²) >= 11 is 0. The highest BCUT2D eigenvalue weighted by Gasteiger charge is 2.47. The SMILES string of the molecule is COc1cc(OC)c(C2C3=C(CC(C)(C)CC3=O)Nc3ccccc3N2C(=O)C2CC2)cc1OC. The number of amides is 1. The van der Waals surface area contributed by atoms with Crippen molar-refractivity contribution in [3.8, 4) is 17.2 Å². The second-order valence-electron chi connectivity index (χ2n) is 10.3. The number of carbonyl (C=O) groups is 2. The first-order valence-corrected chi connectivity index (χ1v) is 12.0. The second-order valence-corrected chi connectivity index (χ2v) is 10.3. The molecule has 0 aromatic heterocycles. The van der Waals surface area contributed by atoms with Crippen molar-refractivity contribution in [3.63, 3.8) is 0 Å². The van der Waals surface area contributed by atoms with Gasteiger partial charge >= 0.3 is 0 Å². The van der Waals surface area contributed by atoms with Crippen molar-refractivity contribution in [2.24, 2.45) is 11.3 Å². The zero-order valence-corrected chi connectivity index (χ0v) is 20.9. The molecule has 35 heavy (non-hydrogen) atoms. The van der Waals surface area contributed by atoms with Crippen molar-refractivity contribution in [3.05, 3.63) is 53.2 Å². The number of hydrogen-bond acceptors (Lipinski definition) is 6. The Balaban J connectivity index is 1.82. The molecule has 1 aliphatic heterocycles. The zero-order valence-electron chi connectivity index (χ0n) is 20.9. The minimum atomic E-state index is -0.660. The van der Waals surface area contributed by atoms with Crippen LogP contribution in [-0.2, 0) is 9.59 Å². The Bertz CT molecular complexity index is 1230. The van der Waals surface area contributed by atoms with Crippen molar-refractivity contribution in [2.45, 2.75) is 45.6 Å². The average Bonchev–Trinajstić information content (AvgIpc) is 3.68. The molecule has 7 heteroatoms. The van der Waals surface area contributed by atoms with E-state index < -0.39 is 6.04 Å². The smallest absolute Gasteiger partial charge is 0.231 e. The first-order chi connectivity index (χ1) is 16.8. The number of hydrogen-bond donors (Lipinski definition) is 1. The van der Waals surface area contributed by atoms with E-state index in [1.54, 1.807) is 27.4 Å². The fourth-order valence-electron chi connectivity index (χ4n) is 5.32. The Hall–Kier alpha value is -3.48. The van der Waals surface area contributed by atoms with Crippen LogP contribution in [-0.4, -0.2) is 33.0 Å². The van der Waals surface area contributed by atoms with E-state index in [1.165, 1.54) is 0 Å². The Labute approximate surface area is 206 Å². The number of ether oxygens (including phenoxy) is 3. The highest BCUT2D eigenvalue weighted by Crippen LogP contribution is 2.52. The normalized spacial score (nSPS) is 20.9. The fourth-order valence-corrected chi connectivity index (χ4v) is 5.32. The maximum absolute atomic E-state index is 13.9. The van der Waals surface area contributed by atoms with Crippen LogP contribution in [0.4, 0.5) is 11.4 Å². The van der Waals surface area contributed by atoms with Crippen LogP contribution in [0.3, 0.4) is 0 Å². The van der Waals surface area contributed by atoms with Gasteiger partial charge in [0.1, 0.15) is 5.75 Å². The van der Waals surface area contributed by atoms with Crippen molar-refractivity contribution in [2.75, 3.05) is 31.5 Å². The van der Waals surface area contributed by atoms with Gasteiger partial charge in [-0.15, -0.1) is 0 Å². The monoisotopic (exact) mass is 476 g/mol. The molecule has 0 saturated heterocycles. The van der Waals surface area contributed by atoms with Crippen LogP contribution >= 0.6 is 0 Å². The Morgan fingerprint density at radius 3 is 2.29 bits per heavy atom.